The smallest absolute Gasteiger partial charge is 0.251 e. The van der Waals surface area contributed by atoms with Crippen molar-refractivity contribution in [2.75, 3.05) is 6.54 Å². The van der Waals surface area contributed by atoms with Crippen LogP contribution in [-0.4, -0.2) is 29.2 Å². The van der Waals surface area contributed by atoms with Gasteiger partial charge in [-0.1, -0.05) is 24.3 Å². The number of hydrogen-bond acceptors (Lipinski definition) is 3. The van der Waals surface area contributed by atoms with E-state index < -0.39 is 5.92 Å². The number of hydrogen-bond donors (Lipinski definition) is 2. The third kappa shape index (κ3) is 2.74. The van der Waals surface area contributed by atoms with Crippen LogP contribution in [0.25, 0.3) is 0 Å². The molecular formula is C15H17N3O3. The zero-order valence-electron chi connectivity index (χ0n) is 11.6. The molecule has 2 aliphatic heterocycles. The van der Waals surface area contributed by atoms with Crippen molar-refractivity contribution in [2.24, 2.45) is 5.92 Å². The van der Waals surface area contributed by atoms with Crippen LogP contribution in [0.2, 0.25) is 0 Å². The molecule has 110 valence electrons. The first kappa shape index (κ1) is 13.6. The first-order valence-corrected chi connectivity index (χ1v) is 7.09. The molecule has 2 N–H and O–H groups in total. The van der Waals surface area contributed by atoms with E-state index >= 15 is 0 Å². The number of benzene rings is 1. The molecule has 21 heavy (non-hydrogen) atoms. The molecule has 1 aromatic carbocycles. The fourth-order valence-corrected chi connectivity index (χ4v) is 2.81. The van der Waals surface area contributed by atoms with E-state index in [0.717, 1.165) is 6.42 Å². The van der Waals surface area contributed by atoms with Gasteiger partial charge in [0.05, 0.1) is 0 Å². The van der Waals surface area contributed by atoms with Crippen molar-refractivity contribution in [3.63, 3.8) is 0 Å². The van der Waals surface area contributed by atoms with Gasteiger partial charge in [0.2, 0.25) is 5.91 Å². The van der Waals surface area contributed by atoms with Crippen molar-refractivity contribution in [3.8, 4) is 0 Å². The highest BCUT2D eigenvalue weighted by atomic mass is 16.2. The third-order valence-corrected chi connectivity index (χ3v) is 4.07. The van der Waals surface area contributed by atoms with Crippen LogP contribution in [0.1, 0.15) is 24.0 Å². The average molecular weight is 287 g/mol. The lowest BCUT2D eigenvalue weighted by molar-refractivity contribution is -0.133. The summed E-state index contributed by atoms with van der Waals surface area (Å²) in [5, 5.41) is 0. The van der Waals surface area contributed by atoms with E-state index in [-0.39, 0.29) is 30.6 Å². The minimum atomic E-state index is -0.744. The number of rotatable bonds is 3. The van der Waals surface area contributed by atoms with Gasteiger partial charge in [0.1, 0.15) is 5.92 Å². The van der Waals surface area contributed by atoms with E-state index in [4.69, 9.17) is 0 Å². The van der Waals surface area contributed by atoms with Crippen LogP contribution in [0, 0.1) is 5.92 Å². The maximum absolute atomic E-state index is 12.2. The number of carbonyl (C=O) groups excluding carboxylic acids is 3. The Morgan fingerprint density at radius 2 is 1.81 bits per heavy atom. The van der Waals surface area contributed by atoms with Gasteiger partial charge in [0, 0.05) is 19.5 Å². The first-order valence-electron chi connectivity index (χ1n) is 7.09. The Bertz CT molecular complexity index is 584. The minimum Gasteiger partial charge on any atom is -0.338 e. The summed E-state index contributed by atoms with van der Waals surface area (Å²) < 4.78 is 0. The van der Waals surface area contributed by atoms with E-state index in [1.807, 2.05) is 18.2 Å². The topological polar surface area (TPSA) is 78.5 Å². The Balaban J connectivity index is 1.57. The zero-order valence-corrected chi connectivity index (χ0v) is 11.6. The second-order valence-electron chi connectivity index (χ2n) is 5.40. The van der Waals surface area contributed by atoms with Gasteiger partial charge in [-0.2, -0.15) is 0 Å². The van der Waals surface area contributed by atoms with E-state index in [9.17, 15) is 14.4 Å². The SMILES string of the molecule is O=C1NNC(=O)C1CCC(=O)N1CCc2ccccc2C1. The first-order chi connectivity index (χ1) is 10.1. The molecule has 0 bridgehead atoms. The highest BCUT2D eigenvalue weighted by Crippen LogP contribution is 2.20. The van der Waals surface area contributed by atoms with Crippen LogP contribution in [0.3, 0.4) is 0 Å². The summed E-state index contributed by atoms with van der Waals surface area (Å²) in [6.07, 6.45) is 1.33. The lowest BCUT2D eigenvalue weighted by Gasteiger charge is -2.29. The summed E-state index contributed by atoms with van der Waals surface area (Å²) in [6, 6.07) is 8.10. The van der Waals surface area contributed by atoms with Crippen molar-refractivity contribution in [3.05, 3.63) is 35.4 Å². The minimum absolute atomic E-state index is 0.00277. The van der Waals surface area contributed by atoms with Crippen LogP contribution in [0.4, 0.5) is 0 Å². The fraction of sp³-hybridized carbons (Fsp3) is 0.400. The molecule has 2 aliphatic rings. The summed E-state index contributed by atoms with van der Waals surface area (Å²) in [7, 11) is 0. The Hall–Kier alpha value is -2.37. The quantitative estimate of drug-likeness (QED) is 0.776. The molecule has 6 heteroatoms. The van der Waals surface area contributed by atoms with Crippen LogP contribution in [0.15, 0.2) is 24.3 Å². The van der Waals surface area contributed by atoms with E-state index in [2.05, 4.69) is 16.9 Å². The van der Waals surface area contributed by atoms with E-state index in [1.165, 1.54) is 11.1 Å². The molecule has 0 aromatic heterocycles. The van der Waals surface area contributed by atoms with Gasteiger partial charge in [-0.05, 0) is 24.0 Å². The molecule has 0 radical (unpaired) electrons. The highest BCUT2D eigenvalue weighted by Gasteiger charge is 2.33. The fourth-order valence-electron chi connectivity index (χ4n) is 2.81. The summed E-state index contributed by atoms with van der Waals surface area (Å²) in [5.41, 5.74) is 7.01. The Kier molecular flexibility index (Phi) is 3.60. The standard InChI is InChI=1S/C15H17N3O3/c19-13(6-5-12-14(20)16-17-15(12)21)18-8-7-10-3-1-2-4-11(10)9-18/h1-4,12H,5-9H2,(H,16,20)(H,17,21). The van der Waals surface area contributed by atoms with Gasteiger partial charge >= 0.3 is 0 Å². The van der Waals surface area contributed by atoms with E-state index in [0.29, 0.717) is 13.1 Å². The Labute approximate surface area is 122 Å². The number of amides is 3. The maximum atomic E-state index is 12.2. The number of hydrazine groups is 1. The molecule has 0 spiro atoms. The normalized spacial score (nSPS) is 18.2. The molecule has 6 nitrogen and oxygen atoms in total. The lowest BCUT2D eigenvalue weighted by Crippen LogP contribution is -2.36. The predicted octanol–water partition coefficient (Wildman–Crippen LogP) is 0.129. The van der Waals surface area contributed by atoms with Crippen LogP contribution in [-0.2, 0) is 27.3 Å². The molecule has 3 rings (SSSR count). The van der Waals surface area contributed by atoms with Gasteiger partial charge in [-0.15, -0.1) is 0 Å². The number of carbonyl (C=O) groups is 3. The maximum Gasteiger partial charge on any atom is 0.251 e. The van der Waals surface area contributed by atoms with Gasteiger partial charge in [0.25, 0.3) is 11.8 Å². The van der Waals surface area contributed by atoms with Crippen molar-refractivity contribution >= 4 is 17.7 Å². The Morgan fingerprint density at radius 1 is 1.14 bits per heavy atom. The van der Waals surface area contributed by atoms with Crippen molar-refractivity contribution in [1.82, 2.24) is 15.8 Å². The second kappa shape index (κ2) is 5.55. The summed E-state index contributed by atoms with van der Waals surface area (Å²) in [6.45, 7) is 1.30. The lowest BCUT2D eigenvalue weighted by atomic mass is 9.98. The van der Waals surface area contributed by atoms with Crippen LogP contribution < -0.4 is 10.9 Å². The largest absolute Gasteiger partial charge is 0.338 e. The van der Waals surface area contributed by atoms with Crippen molar-refractivity contribution in [2.45, 2.75) is 25.8 Å². The number of nitrogens with one attached hydrogen (secondary N) is 2. The van der Waals surface area contributed by atoms with E-state index in [1.54, 1.807) is 4.90 Å². The van der Waals surface area contributed by atoms with Gasteiger partial charge in [-0.3, -0.25) is 25.2 Å². The second-order valence-corrected chi connectivity index (χ2v) is 5.40. The molecule has 0 atom stereocenters. The van der Waals surface area contributed by atoms with Crippen LogP contribution >= 0.6 is 0 Å². The molecule has 1 fully saturated rings. The van der Waals surface area contributed by atoms with Crippen molar-refractivity contribution in [1.29, 1.82) is 0 Å². The van der Waals surface area contributed by atoms with Crippen LogP contribution in [0.5, 0.6) is 0 Å². The number of nitrogens with zero attached hydrogens (tertiary/aromatic N) is 1. The molecular weight excluding hydrogens is 270 g/mol. The van der Waals surface area contributed by atoms with Gasteiger partial charge in [0.15, 0.2) is 0 Å². The highest BCUT2D eigenvalue weighted by molar-refractivity contribution is 6.05. The van der Waals surface area contributed by atoms with Crippen molar-refractivity contribution < 1.29 is 14.4 Å². The molecule has 0 aliphatic carbocycles. The Morgan fingerprint density at radius 3 is 2.52 bits per heavy atom. The number of fused-ring (bicyclic) bond motifs is 1. The molecule has 0 saturated carbocycles. The average Bonchev–Trinajstić information content (AvgIpc) is 2.83. The molecule has 1 saturated heterocycles. The zero-order chi connectivity index (χ0) is 14.8. The van der Waals surface area contributed by atoms with Gasteiger partial charge < -0.3 is 4.90 Å². The molecule has 1 aromatic rings. The summed E-state index contributed by atoms with van der Waals surface area (Å²) in [4.78, 5) is 36.9. The monoisotopic (exact) mass is 287 g/mol. The third-order valence-electron chi connectivity index (χ3n) is 4.07. The molecule has 2 heterocycles. The molecule has 0 unspecified atom stereocenters. The predicted molar refractivity (Wildman–Crippen MR) is 74.6 cm³/mol. The molecule has 3 amide bonds. The summed E-state index contributed by atoms with van der Waals surface area (Å²) in [5.74, 6) is -1.45. The summed E-state index contributed by atoms with van der Waals surface area (Å²) >= 11 is 0. The van der Waals surface area contributed by atoms with Gasteiger partial charge in [-0.25, -0.2) is 0 Å².